The van der Waals surface area contributed by atoms with E-state index < -0.39 is 9.84 Å². The van der Waals surface area contributed by atoms with Crippen LogP contribution in [0.2, 0.25) is 0 Å². The number of aliphatic imine (C=N–C) groups is 1. The predicted octanol–water partition coefficient (Wildman–Crippen LogP) is 4.14. The third-order valence-electron chi connectivity index (χ3n) is 4.16. The van der Waals surface area contributed by atoms with Crippen molar-refractivity contribution in [3.05, 3.63) is 65.0 Å². The molecule has 0 spiro atoms. The molecule has 0 aliphatic carbocycles. The SMILES string of the molecule is CCNC(=NCc1ccc(S(C)(=O)=O)c(C)c1)NCCSCc1ccccc1F.I. The molecule has 0 radical (unpaired) electrons. The van der Waals surface area contributed by atoms with Gasteiger partial charge in [-0.2, -0.15) is 11.8 Å². The van der Waals surface area contributed by atoms with E-state index in [4.69, 9.17) is 0 Å². The van der Waals surface area contributed by atoms with Gasteiger partial charge in [0.1, 0.15) is 5.82 Å². The fraction of sp³-hybridized carbons (Fsp3) is 0.381. The number of guanidine groups is 1. The summed E-state index contributed by atoms with van der Waals surface area (Å²) < 4.78 is 37.1. The van der Waals surface area contributed by atoms with Crippen molar-refractivity contribution in [1.29, 1.82) is 0 Å². The van der Waals surface area contributed by atoms with Crippen LogP contribution in [0, 0.1) is 12.7 Å². The van der Waals surface area contributed by atoms with E-state index in [9.17, 15) is 12.8 Å². The third-order valence-corrected chi connectivity index (χ3v) is 6.42. The van der Waals surface area contributed by atoms with Gasteiger partial charge >= 0.3 is 0 Å². The highest BCUT2D eigenvalue weighted by Crippen LogP contribution is 2.17. The number of benzene rings is 2. The summed E-state index contributed by atoms with van der Waals surface area (Å²) in [5.41, 5.74) is 2.38. The minimum absolute atomic E-state index is 0. The summed E-state index contributed by atoms with van der Waals surface area (Å²) in [5, 5.41) is 6.47. The molecule has 2 aromatic rings. The second kappa shape index (κ2) is 13.2. The Labute approximate surface area is 200 Å². The van der Waals surface area contributed by atoms with Gasteiger partial charge in [-0.25, -0.2) is 17.8 Å². The molecule has 30 heavy (non-hydrogen) atoms. The van der Waals surface area contributed by atoms with Crippen LogP contribution in [0.1, 0.15) is 23.6 Å². The maximum absolute atomic E-state index is 13.6. The molecular weight excluding hydrogens is 536 g/mol. The minimum Gasteiger partial charge on any atom is -0.357 e. The van der Waals surface area contributed by atoms with Crippen molar-refractivity contribution in [2.45, 2.75) is 31.0 Å². The number of halogens is 2. The van der Waals surface area contributed by atoms with Crippen molar-refractivity contribution in [2.24, 2.45) is 4.99 Å². The number of thioether (sulfide) groups is 1. The standard InChI is InChI=1S/C21H28FN3O2S2.HI/c1-4-23-21(24-11-12-28-15-18-7-5-6-8-19(18)22)25-14-17-9-10-20(16(2)13-17)29(3,26)27;/h5-10,13H,4,11-12,14-15H2,1-3H3,(H2,23,24,25);1H. The molecule has 5 nitrogen and oxygen atoms in total. The van der Waals surface area contributed by atoms with E-state index in [2.05, 4.69) is 15.6 Å². The van der Waals surface area contributed by atoms with Crippen molar-refractivity contribution < 1.29 is 12.8 Å². The molecule has 0 heterocycles. The van der Waals surface area contributed by atoms with Gasteiger partial charge in [0.25, 0.3) is 0 Å². The predicted molar refractivity (Wildman–Crippen MR) is 135 cm³/mol. The lowest BCUT2D eigenvalue weighted by Gasteiger charge is -2.12. The zero-order valence-corrected chi connectivity index (χ0v) is 21.4. The van der Waals surface area contributed by atoms with Gasteiger partial charge in [0, 0.05) is 30.9 Å². The zero-order chi connectivity index (χ0) is 21.3. The summed E-state index contributed by atoms with van der Waals surface area (Å²) in [5.74, 6) is 1.98. The average molecular weight is 566 g/mol. The first-order chi connectivity index (χ1) is 13.8. The molecule has 0 unspecified atom stereocenters. The second-order valence-electron chi connectivity index (χ2n) is 6.64. The molecule has 0 bridgehead atoms. The quantitative estimate of drug-likeness (QED) is 0.207. The molecule has 0 saturated heterocycles. The van der Waals surface area contributed by atoms with Crippen molar-refractivity contribution in [2.75, 3.05) is 25.1 Å². The summed E-state index contributed by atoms with van der Waals surface area (Å²) in [6.07, 6.45) is 1.21. The van der Waals surface area contributed by atoms with E-state index in [0.29, 0.717) is 35.3 Å². The second-order valence-corrected chi connectivity index (χ2v) is 9.73. The molecule has 0 aliphatic heterocycles. The number of nitrogens with one attached hydrogen (secondary N) is 2. The molecule has 0 aliphatic rings. The lowest BCUT2D eigenvalue weighted by Crippen LogP contribution is -2.38. The Morgan fingerprint density at radius 1 is 1.17 bits per heavy atom. The van der Waals surface area contributed by atoms with Crippen molar-refractivity contribution in [1.82, 2.24) is 10.6 Å². The molecule has 0 saturated carbocycles. The highest BCUT2D eigenvalue weighted by molar-refractivity contribution is 14.0. The van der Waals surface area contributed by atoms with Gasteiger partial charge in [0.05, 0.1) is 11.4 Å². The lowest BCUT2D eigenvalue weighted by molar-refractivity contribution is 0.601. The molecular formula is C21H29FIN3O2S2. The highest BCUT2D eigenvalue weighted by atomic mass is 127. The Balaban J connectivity index is 0.00000450. The molecule has 2 N–H and O–H groups in total. The maximum Gasteiger partial charge on any atom is 0.191 e. The smallest absolute Gasteiger partial charge is 0.191 e. The monoisotopic (exact) mass is 565 g/mol. The summed E-state index contributed by atoms with van der Waals surface area (Å²) >= 11 is 1.66. The molecule has 0 fully saturated rings. The summed E-state index contributed by atoms with van der Waals surface area (Å²) in [4.78, 5) is 4.91. The Hall–Kier alpha value is -1.33. The first-order valence-corrected chi connectivity index (χ1v) is 12.5. The van der Waals surface area contributed by atoms with Crippen LogP contribution in [0.25, 0.3) is 0 Å². The number of sulfone groups is 1. The zero-order valence-electron chi connectivity index (χ0n) is 17.4. The van der Waals surface area contributed by atoms with Gasteiger partial charge in [0.2, 0.25) is 0 Å². The normalized spacial score (nSPS) is 11.7. The molecule has 0 amide bonds. The minimum atomic E-state index is -3.22. The van der Waals surface area contributed by atoms with E-state index >= 15 is 0 Å². The largest absolute Gasteiger partial charge is 0.357 e. The van der Waals surface area contributed by atoms with E-state index in [1.807, 2.05) is 19.1 Å². The molecule has 2 aromatic carbocycles. The van der Waals surface area contributed by atoms with Crippen LogP contribution in [0.15, 0.2) is 52.4 Å². The van der Waals surface area contributed by atoms with Gasteiger partial charge in [-0.1, -0.05) is 30.3 Å². The Morgan fingerprint density at radius 3 is 2.53 bits per heavy atom. The van der Waals surface area contributed by atoms with Crippen LogP contribution in [0.4, 0.5) is 4.39 Å². The number of hydrogen-bond donors (Lipinski definition) is 2. The fourth-order valence-electron chi connectivity index (χ4n) is 2.78. The number of nitrogens with zero attached hydrogens (tertiary/aromatic N) is 1. The summed E-state index contributed by atoms with van der Waals surface area (Å²) in [6, 6.07) is 12.1. The van der Waals surface area contributed by atoms with E-state index in [0.717, 1.165) is 23.4 Å². The van der Waals surface area contributed by atoms with E-state index in [1.165, 1.54) is 12.3 Å². The molecule has 0 atom stereocenters. The number of aryl methyl sites for hydroxylation is 1. The van der Waals surface area contributed by atoms with Crippen LogP contribution in [-0.2, 0) is 22.1 Å². The molecule has 9 heteroatoms. The Kier molecular flexibility index (Phi) is 11.7. The van der Waals surface area contributed by atoms with Crippen LogP contribution < -0.4 is 10.6 Å². The van der Waals surface area contributed by atoms with Crippen molar-refractivity contribution in [3.8, 4) is 0 Å². The average Bonchev–Trinajstić information content (AvgIpc) is 2.66. The Bertz CT molecular complexity index is 953. The third kappa shape index (κ3) is 8.81. The van der Waals surface area contributed by atoms with Crippen LogP contribution in [-0.4, -0.2) is 39.5 Å². The van der Waals surface area contributed by atoms with Crippen LogP contribution in [0.5, 0.6) is 0 Å². The van der Waals surface area contributed by atoms with Crippen molar-refractivity contribution >= 4 is 51.5 Å². The maximum atomic E-state index is 13.6. The van der Waals surface area contributed by atoms with Crippen LogP contribution in [0.3, 0.4) is 0 Å². The summed E-state index contributed by atoms with van der Waals surface area (Å²) in [7, 11) is -3.22. The first kappa shape index (κ1) is 26.7. The first-order valence-electron chi connectivity index (χ1n) is 9.44. The highest BCUT2D eigenvalue weighted by Gasteiger charge is 2.10. The topological polar surface area (TPSA) is 70.6 Å². The number of hydrogen-bond acceptors (Lipinski definition) is 4. The van der Waals surface area contributed by atoms with Crippen LogP contribution >= 0.6 is 35.7 Å². The van der Waals surface area contributed by atoms with Gasteiger partial charge in [-0.3, -0.25) is 0 Å². The molecule has 0 aromatic heterocycles. The van der Waals surface area contributed by atoms with Crippen molar-refractivity contribution in [3.63, 3.8) is 0 Å². The van der Waals surface area contributed by atoms with Gasteiger partial charge in [-0.05, 0) is 42.7 Å². The lowest BCUT2D eigenvalue weighted by atomic mass is 10.1. The van der Waals surface area contributed by atoms with Gasteiger partial charge in [0.15, 0.2) is 15.8 Å². The molecule has 2 rings (SSSR count). The molecule has 166 valence electrons. The summed E-state index contributed by atoms with van der Waals surface area (Å²) in [6.45, 7) is 5.68. The van der Waals surface area contributed by atoms with Gasteiger partial charge < -0.3 is 10.6 Å². The number of rotatable bonds is 9. The Morgan fingerprint density at radius 2 is 1.90 bits per heavy atom. The fourth-order valence-corrected chi connectivity index (χ4v) is 4.58. The van der Waals surface area contributed by atoms with E-state index in [-0.39, 0.29) is 29.8 Å². The van der Waals surface area contributed by atoms with E-state index in [1.54, 1.807) is 43.0 Å². The van der Waals surface area contributed by atoms with Gasteiger partial charge in [-0.15, -0.1) is 24.0 Å².